The second kappa shape index (κ2) is 7.14. The zero-order chi connectivity index (χ0) is 10.6. The molecular formula is C6H15AlO7. The highest BCUT2D eigenvalue weighted by Gasteiger charge is 2.33. The van der Waals surface area contributed by atoms with E-state index in [0.717, 1.165) is 0 Å². The number of aliphatic hydroxyl groups is 5. The Morgan fingerprint density at radius 3 is 1.79 bits per heavy atom. The molecule has 0 unspecified atom stereocenters. The van der Waals surface area contributed by atoms with Gasteiger partial charge in [-0.3, -0.25) is 0 Å². The van der Waals surface area contributed by atoms with Crippen LogP contribution in [-0.4, -0.2) is 85.0 Å². The monoisotopic (exact) mass is 226 g/mol. The van der Waals surface area contributed by atoms with E-state index in [0.29, 0.717) is 0 Å². The molecule has 0 amide bonds. The van der Waals surface area contributed by atoms with Crippen molar-refractivity contribution < 1.29 is 35.4 Å². The smallest absolute Gasteiger partial charge is 0.335 e. The Kier molecular flexibility index (Phi) is 8.28. The summed E-state index contributed by atoms with van der Waals surface area (Å²) < 4.78 is 0. The van der Waals surface area contributed by atoms with Crippen molar-refractivity contribution in [2.75, 3.05) is 6.61 Å². The van der Waals surface area contributed by atoms with Crippen LogP contribution in [0.15, 0.2) is 0 Å². The van der Waals surface area contributed by atoms with Gasteiger partial charge in [0.25, 0.3) is 0 Å². The molecule has 0 aromatic rings. The zero-order valence-corrected chi connectivity index (χ0v) is 6.61. The van der Waals surface area contributed by atoms with Crippen LogP contribution < -0.4 is 0 Å². The SMILES string of the molecule is O=C(O)[C@H](O)[C@@H](O)[C@H](O)[C@H](O)CO.[AlH3]. The second-order valence-corrected chi connectivity index (χ2v) is 2.51. The van der Waals surface area contributed by atoms with Gasteiger partial charge in [0, 0.05) is 0 Å². The summed E-state index contributed by atoms with van der Waals surface area (Å²) >= 11 is 0. The molecule has 7 nitrogen and oxygen atoms in total. The van der Waals surface area contributed by atoms with E-state index in [-0.39, 0.29) is 17.4 Å². The molecule has 0 bridgehead atoms. The minimum Gasteiger partial charge on any atom is -0.479 e. The first-order chi connectivity index (χ1) is 5.91. The van der Waals surface area contributed by atoms with E-state index in [1.807, 2.05) is 0 Å². The summed E-state index contributed by atoms with van der Waals surface area (Å²) in [7, 11) is 0. The van der Waals surface area contributed by atoms with Crippen LogP contribution in [0.25, 0.3) is 0 Å². The Morgan fingerprint density at radius 1 is 1.07 bits per heavy atom. The molecule has 0 fully saturated rings. The van der Waals surface area contributed by atoms with E-state index >= 15 is 0 Å². The molecule has 0 heterocycles. The third-order valence-corrected chi connectivity index (χ3v) is 1.51. The summed E-state index contributed by atoms with van der Waals surface area (Å²) in [4.78, 5) is 10.1. The lowest BCUT2D eigenvalue weighted by Crippen LogP contribution is -2.48. The molecule has 0 radical (unpaired) electrons. The average Bonchev–Trinajstić information content (AvgIpc) is 2.12. The minimum atomic E-state index is -2.20. The van der Waals surface area contributed by atoms with Crippen LogP contribution in [-0.2, 0) is 4.79 Å². The van der Waals surface area contributed by atoms with Crippen molar-refractivity contribution in [3.63, 3.8) is 0 Å². The van der Waals surface area contributed by atoms with Crippen LogP contribution in [0, 0.1) is 0 Å². The molecule has 8 heteroatoms. The molecule has 84 valence electrons. The van der Waals surface area contributed by atoms with Gasteiger partial charge in [-0.2, -0.15) is 0 Å². The summed E-state index contributed by atoms with van der Waals surface area (Å²) in [5.74, 6) is -1.73. The van der Waals surface area contributed by atoms with E-state index < -0.39 is 37.0 Å². The molecule has 4 atom stereocenters. The van der Waals surface area contributed by atoms with E-state index in [1.54, 1.807) is 0 Å². The number of carboxylic acid groups (broad SMARTS) is 1. The molecule has 0 rings (SSSR count). The normalized spacial score (nSPS) is 18.9. The van der Waals surface area contributed by atoms with E-state index in [4.69, 9.17) is 30.6 Å². The van der Waals surface area contributed by atoms with Gasteiger partial charge in [-0.25, -0.2) is 4.79 Å². The first-order valence-corrected chi connectivity index (χ1v) is 3.47. The number of hydrogen-bond donors (Lipinski definition) is 6. The fourth-order valence-corrected chi connectivity index (χ4v) is 0.668. The summed E-state index contributed by atoms with van der Waals surface area (Å²) in [6.45, 7) is -0.843. The van der Waals surface area contributed by atoms with Crippen LogP contribution in [0.3, 0.4) is 0 Å². The molecule has 14 heavy (non-hydrogen) atoms. The number of aliphatic carboxylic acids is 1. The molecule has 0 aromatic heterocycles. The molecular weight excluding hydrogens is 211 g/mol. The van der Waals surface area contributed by atoms with Gasteiger partial charge in [-0.1, -0.05) is 0 Å². The molecule has 6 N–H and O–H groups in total. The highest BCUT2D eigenvalue weighted by molar-refractivity contribution is 5.75. The van der Waals surface area contributed by atoms with E-state index in [2.05, 4.69) is 0 Å². The predicted molar refractivity (Wildman–Crippen MR) is 48.7 cm³/mol. The lowest BCUT2D eigenvalue weighted by atomic mass is 10.0. The number of carbonyl (C=O) groups is 1. The Morgan fingerprint density at radius 2 is 1.50 bits per heavy atom. The van der Waals surface area contributed by atoms with Gasteiger partial charge in [0.15, 0.2) is 23.5 Å². The fraction of sp³-hybridized carbons (Fsp3) is 0.833. The third kappa shape index (κ3) is 4.35. The van der Waals surface area contributed by atoms with Crippen molar-refractivity contribution in [1.29, 1.82) is 0 Å². The molecule has 0 aliphatic rings. The maximum Gasteiger partial charge on any atom is 0.335 e. The van der Waals surface area contributed by atoms with Crippen molar-refractivity contribution in [2.45, 2.75) is 24.4 Å². The molecule has 0 aliphatic heterocycles. The maximum absolute atomic E-state index is 10.1. The first kappa shape index (κ1) is 16.2. The lowest BCUT2D eigenvalue weighted by Gasteiger charge is -2.23. The molecule has 0 aromatic carbocycles. The first-order valence-electron chi connectivity index (χ1n) is 3.47. The van der Waals surface area contributed by atoms with Gasteiger partial charge in [-0.15, -0.1) is 0 Å². The highest BCUT2D eigenvalue weighted by Crippen LogP contribution is 2.04. The van der Waals surface area contributed by atoms with Crippen LogP contribution in [0.1, 0.15) is 0 Å². The summed E-state index contributed by atoms with van der Waals surface area (Å²) in [5, 5.41) is 51.8. The number of aliphatic hydroxyl groups excluding tert-OH is 5. The van der Waals surface area contributed by atoms with E-state index in [1.165, 1.54) is 0 Å². The van der Waals surface area contributed by atoms with Crippen molar-refractivity contribution >= 4 is 23.3 Å². The minimum absolute atomic E-state index is 0. The van der Waals surface area contributed by atoms with Crippen molar-refractivity contribution in [2.24, 2.45) is 0 Å². The quantitative estimate of drug-likeness (QED) is 0.259. The van der Waals surface area contributed by atoms with Crippen LogP contribution in [0.5, 0.6) is 0 Å². The van der Waals surface area contributed by atoms with Gasteiger partial charge >= 0.3 is 5.97 Å². The Hall–Kier alpha value is -0.198. The molecule has 0 saturated heterocycles. The third-order valence-electron chi connectivity index (χ3n) is 1.51. The summed E-state index contributed by atoms with van der Waals surface area (Å²) in [5.41, 5.74) is 0. The number of hydrogen-bond acceptors (Lipinski definition) is 6. The van der Waals surface area contributed by atoms with Gasteiger partial charge in [0.05, 0.1) is 6.61 Å². The van der Waals surface area contributed by atoms with Gasteiger partial charge in [0.2, 0.25) is 0 Å². The van der Waals surface area contributed by atoms with Crippen molar-refractivity contribution in [3.8, 4) is 0 Å². The zero-order valence-electron chi connectivity index (χ0n) is 6.61. The summed E-state index contributed by atoms with van der Waals surface area (Å²) in [6.07, 6.45) is -7.84. The van der Waals surface area contributed by atoms with Crippen molar-refractivity contribution in [1.82, 2.24) is 0 Å². The molecule has 0 spiro atoms. The number of rotatable bonds is 5. The lowest BCUT2D eigenvalue weighted by molar-refractivity contribution is -0.164. The highest BCUT2D eigenvalue weighted by atomic mass is 27.0. The predicted octanol–water partition coefficient (Wildman–Crippen LogP) is -4.68. The van der Waals surface area contributed by atoms with Crippen molar-refractivity contribution in [3.05, 3.63) is 0 Å². The van der Waals surface area contributed by atoms with Gasteiger partial charge in [-0.05, 0) is 0 Å². The molecule has 0 saturated carbocycles. The topological polar surface area (TPSA) is 138 Å². The second-order valence-electron chi connectivity index (χ2n) is 2.51. The Balaban J connectivity index is 0. The van der Waals surface area contributed by atoms with E-state index in [9.17, 15) is 4.79 Å². The average molecular weight is 226 g/mol. The largest absolute Gasteiger partial charge is 0.479 e. The van der Waals surface area contributed by atoms with Gasteiger partial charge < -0.3 is 30.6 Å². The maximum atomic E-state index is 10.1. The number of carboxylic acids is 1. The summed E-state index contributed by atoms with van der Waals surface area (Å²) in [6, 6.07) is 0. The standard InChI is InChI=1S/C6H12O7.Al.3H/c7-1-2(8)3(9)4(10)5(11)6(12)13;;;;/h2-5,7-11H,1H2,(H,12,13);;;;/t2-,3-,4+,5-;;;;/m1..../s1. The van der Waals surface area contributed by atoms with Crippen LogP contribution >= 0.6 is 0 Å². The Labute approximate surface area is 90.4 Å². The fourth-order valence-electron chi connectivity index (χ4n) is 0.668. The van der Waals surface area contributed by atoms with Crippen LogP contribution in [0.4, 0.5) is 0 Å². The molecule has 0 aliphatic carbocycles. The van der Waals surface area contributed by atoms with Crippen LogP contribution in [0.2, 0.25) is 0 Å². The Bertz CT molecular complexity index is 176. The van der Waals surface area contributed by atoms with Gasteiger partial charge in [0.1, 0.15) is 18.3 Å².